The molecule has 1 rings (SSSR count). The van der Waals surface area contributed by atoms with Crippen molar-refractivity contribution in [2.45, 2.75) is 25.9 Å². The van der Waals surface area contributed by atoms with Crippen LogP contribution in [0.2, 0.25) is 0 Å². The highest BCUT2D eigenvalue weighted by atomic mass is 16.1. The number of hydrogen-bond acceptors (Lipinski definition) is 3. The standard InChI is InChI=1S/C15H25N3O/c1-12(9-10-18(3)4)17-11-13-5-7-14(8-6-13)15(19)16-2/h5-8,12,17H,9-11H2,1-4H3,(H,16,19). The Labute approximate surface area is 116 Å². The highest BCUT2D eigenvalue weighted by Gasteiger charge is 2.04. The summed E-state index contributed by atoms with van der Waals surface area (Å²) in [4.78, 5) is 13.6. The molecule has 0 radical (unpaired) electrons. The summed E-state index contributed by atoms with van der Waals surface area (Å²) in [6, 6.07) is 8.20. The molecule has 0 aliphatic carbocycles. The Hall–Kier alpha value is -1.39. The molecular formula is C15H25N3O. The summed E-state index contributed by atoms with van der Waals surface area (Å²) in [7, 11) is 5.82. The van der Waals surface area contributed by atoms with Crippen molar-refractivity contribution >= 4 is 5.91 Å². The summed E-state index contributed by atoms with van der Waals surface area (Å²) in [5.74, 6) is -0.0427. The topological polar surface area (TPSA) is 44.4 Å². The maximum atomic E-state index is 11.4. The van der Waals surface area contributed by atoms with Crippen LogP contribution < -0.4 is 10.6 Å². The van der Waals surface area contributed by atoms with E-state index in [0.717, 1.165) is 19.5 Å². The Balaban J connectivity index is 2.39. The molecule has 0 aliphatic rings. The summed E-state index contributed by atoms with van der Waals surface area (Å²) in [5, 5.41) is 6.11. The van der Waals surface area contributed by atoms with Crippen molar-refractivity contribution in [1.29, 1.82) is 0 Å². The second kappa shape index (κ2) is 7.92. The van der Waals surface area contributed by atoms with E-state index in [1.54, 1.807) is 7.05 Å². The lowest BCUT2D eigenvalue weighted by Gasteiger charge is -2.16. The van der Waals surface area contributed by atoms with Gasteiger partial charge in [0, 0.05) is 25.2 Å². The fourth-order valence-corrected chi connectivity index (χ4v) is 1.76. The van der Waals surface area contributed by atoms with Gasteiger partial charge in [0.1, 0.15) is 0 Å². The average molecular weight is 263 g/mol. The van der Waals surface area contributed by atoms with Gasteiger partial charge in [0.05, 0.1) is 0 Å². The van der Waals surface area contributed by atoms with Crippen LogP contribution >= 0.6 is 0 Å². The zero-order valence-corrected chi connectivity index (χ0v) is 12.4. The third-order valence-corrected chi connectivity index (χ3v) is 3.11. The predicted molar refractivity (Wildman–Crippen MR) is 79.3 cm³/mol. The molecule has 0 spiro atoms. The smallest absolute Gasteiger partial charge is 0.251 e. The van der Waals surface area contributed by atoms with E-state index >= 15 is 0 Å². The van der Waals surface area contributed by atoms with Crippen LogP contribution in [0.1, 0.15) is 29.3 Å². The normalized spacial score (nSPS) is 12.5. The molecule has 1 amide bonds. The molecule has 0 bridgehead atoms. The van der Waals surface area contributed by atoms with Gasteiger partial charge in [-0.3, -0.25) is 4.79 Å². The molecule has 0 fully saturated rings. The molecule has 4 heteroatoms. The van der Waals surface area contributed by atoms with E-state index in [-0.39, 0.29) is 5.91 Å². The lowest BCUT2D eigenvalue weighted by Crippen LogP contribution is -2.29. The Bertz CT molecular complexity index is 387. The maximum absolute atomic E-state index is 11.4. The van der Waals surface area contributed by atoms with Crippen molar-refractivity contribution in [3.8, 4) is 0 Å². The Morgan fingerprint density at radius 1 is 1.26 bits per heavy atom. The molecule has 19 heavy (non-hydrogen) atoms. The van der Waals surface area contributed by atoms with Gasteiger partial charge >= 0.3 is 0 Å². The average Bonchev–Trinajstić information content (AvgIpc) is 2.42. The SMILES string of the molecule is CNC(=O)c1ccc(CNC(C)CCN(C)C)cc1. The molecule has 4 nitrogen and oxygen atoms in total. The quantitative estimate of drug-likeness (QED) is 0.783. The fourth-order valence-electron chi connectivity index (χ4n) is 1.76. The van der Waals surface area contributed by atoms with E-state index in [1.807, 2.05) is 24.3 Å². The number of amides is 1. The predicted octanol–water partition coefficient (Wildman–Crippen LogP) is 1.48. The molecular weight excluding hydrogens is 238 g/mol. The summed E-state index contributed by atoms with van der Waals surface area (Å²) < 4.78 is 0. The van der Waals surface area contributed by atoms with E-state index in [1.165, 1.54) is 5.56 Å². The maximum Gasteiger partial charge on any atom is 0.251 e. The van der Waals surface area contributed by atoms with E-state index in [9.17, 15) is 4.79 Å². The van der Waals surface area contributed by atoms with Crippen molar-refractivity contribution in [2.75, 3.05) is 27.7 Å². The van der Waals surface area contributed by atoms with Crippen molar-refractivity contribution in [1.82, 2.24) is 15.5 Å². The number of hydrogen-bond donors (Lipinski definition) is 2. The molecule has 2 N–H and O–H groups in total. The zero-order chi connectivity index (χ0) is 14.3. The molecule has 106 valence electrons. The van der Waals surface area contributed by atoms with Crippen LogP contribution in [0, 0.1) is 0 Å². The van der Waals surface area contributed by atoms with Crippen molar-refractivity contribution in [3.63, 3.8) is 0 Å². The van der Waals surface area contributed by atoms with Gasteiger partial charge in [-0.05, 0) is 51.7 Å². The number of carbonyl (C=O) groups is 1. The highest BCUT2D eigenvalue weighted by Crippen LogP contribution is 2.05. The van der Waals surface area contributed by atoms with Crippen LogP contribution in [0.4, 0.5) is 0 Å². The van der Waals surface area contributed by atoms with Crippen LogP contribution in [-0.2, 0) is 6.54 Å². The van der Waals surface area contributed by atoms with Crippen molar-refractivity contribution < 1.29 is 4.79 Å². The minimum absolute atomic E-state index is 0.0427. The number of benzene rings is 1. The van der Waals surface area contributed by atoms with Gasteiger partial charge in [0.2, 0.25) is 0 Å². The van der Waals surface area contributed by atoms with Gasteiger partial charge in [0.25, 0.3) is 5.91 Å². The molecule has 0 aromatic heterocycles. The van der Waals surface area contributed by atoms with Gasteiger partial charge in [-0.15, -0.1) is 0 Å². The van der Waals surface area contributed by atoms with E-state index in [4.69, 9.17) is 0 Å². The van der Waals surface area contributed by atoms with Crippen LogP contribution in [0.3, 0.4) is 0 Å². The largest absolute Gasteiger partial charge is 0.355 e. The third-order valence-electron chi connectivity index (χ3n) is 3.11. The van der Waals surface area contributed by atoms with E-state index < -0.39 is 0 Å². The second-order valence-corrected chi connectivity index (χ2v) is 5.15. The van der Waals surface area contributed by atoms with Gasteiger partial charge in [-0.25, -0.2) is 0 Å². The second-order valence-electron chi connectivity index (χ2n) is 5.15. The summed E-state index contributed by atoms with van der Waals surface area (Å²) in [6.07, 6.45) is 1.13. The summed E-state index contributed by atoms with van der Waals surface area (Å²) in [6.45, 7) is 4.12. The van der Waals surface area contributed by atoms with E-state index in [2.05, 4.69) is 36.6 Å². The Morgan fingerprint density at radius 3 is 2.42 bits per heavy atom. The number of rotatable bonds is 7. The lowest BCUT2D eigenvalue weighted by atomic mass is 10.1. The lowest BCUT2D eigenvalue weighted by molar-refractivity contribution is 0.0963. The fraction of sp³-hybridized carbons (Fsp3) is 0.533. The van der Waals surface area contributed by atoms with Crippen LogP contribution in [-0.4, -0.2) is 44.5 Å². The first kappa shape index (κ1) is 15.7. The Kier molecular flexibility index (Phi) is 6.53. The molecule has 1 aromatic rings. The third kappa shape index (κ3) is 5.85. The molecule has 0 heterocycles. The van der Waals surface area contributed by atoms with Gasteiger partial charge in [-0.1, -0.05) is 12.1 Å². The summed E-state index contributed by atoms with van der Waals surface area (Å²) in [5.41, 5.74) is 1.90. The molecule has 1 atom stereocenters. The Morgan fingerprint density at radius 2 is 1.89 bits per heavy atom. The van der Waals surface area contributed by atoms with Gasteiger partial charge in [-0.2, -0.15) is 0 Å². The first-order valence-corrected chi connectivity index (χ1v) is 6.72. The van der Waals surface area contributed by atoms with Crippen LogP contribution in [0.5, 0.6) is 0 Å². The van der Waals surface area contributed by atoms with Crippen LogP contribution in [0.25, 0.3) is 0 Å². The number of carbonyl (C=O) groups excluding carboxylic acids is 1. The van der Waals surface area contributed by atoms with Gasteiger partial charge < -0.3 is 15.5 Å². The minimum atomic E-state index is -0.0427. The molecule has 0 saturated carbocycles. The van der Waals surface area contributed by atoms with Gasteiger partial charge in [0.15, 0.2) is 0 Å². The van der Waals surface area contributed by atoms with Crippen molar-refractivity contribution in [2.24, 2.45) is 0 Å². The summed E-state index contributed by atoms with van der Waals surface area (Å²) >= 11 is 0. The first-order valence-electron chi connectivity index (χ1n) is 6.72. The van der Waals surface area contributed by atoms with Crippen LogP contribution in [0.15, 0.2) is 24.3 Å². The highest BCUT2D eigenvalue weighted by molar-refractivity contribution is 5.93. The first-order chi connectivity index (χ1) is 9.02. The molecule has 0 saturated heterocycles. The minimum Gasteiger partial charge on any atom is -0.355 e. The monoisotopic (exact) mass is 263 g/mol. The number of nitrogens with zero attached hydrogens (tertiary/aromatic N) is 1. The molecule has 1 aromatic carbocycles. The van der Waals surface area contributed by atoms with E-state index in [0.29, 0.717) is 11.6 Å². The zero-order valence-electron chi connectivity index (χ0n) is 12.4. The molecule has 0 aliphatic heterocycles. The molecule has 1 unspecified atom stereocenters. The number of nitrogens with one attached hydrogen (secondary N) is 2. The van der Waals surface area contributed by atoms with Crippen molar-refractivity contribution in [3.05, 3.63) is 35.4 Å².